The van der Waals surface area contributed by atoms with Crippen LogP contribution in [0.3, 0.4) is 0 Å². The summed E-state index contributed by atoms with van der Waals surface area (Å²) in [6.45, 7) is 3.57. The molecule has 0 aliphatic carbocycles. The Morgan fingerprint density at radius 1 is 1.35 bits per heavy atom. The number of aliphatic hydroxyl groups is 1. The van der Waals surface area contributed by atoms with E-state index in [0.29, 0.717) is 6.42 Å². The van der Waals surface area contributed by atoms with Crippen LogP contribution in [-0.4, -0.2) is 28.8 Å². The fourth-order valence-corrected chi connectivity index (χ4v) is 1.96. The fourth-order valence-electron chi connectivity index (χ4n) is 1.96. The number of hydrogen-bond donors (Lipinski definition) is 2. The molecule has 0 spiro atoms. The van der Waals surface area contributed by atoms with Crippen LogP contribution in [0, 0.1) is 11.8 Å². The Labute approximate surface area is 101 Å². The van der Waals surface area contributed by atoms with Crippen LogP contribution in [0.2, 0.25) is 0 Å². The van der Waals surface area contributed by atoms with Crippen LogP contribution >= 0.6 is 0 Å². The van der Waals surface area contributed by atoms with Gasteiger partial charge in [-0.3, -0.25) is 19.7 Å². The van der Waals surface area contributed by atoms with Gasteiger partial charge in [-0.25, -0.2) is 0 Å². The number of amides is 2. The van der Waals surface area contributed by atoms with Crippen LogP contribution in [-0.2, 0) is 14.4 Å². The molecule has 96 valence electrons. The van der Waals surface area contributed by atoms with Crippen molar-refractivity contribution in [1.29, 1.82) is 0 Å². The molecule has 1 unspecified atom stereocenters. The van der Waals surface area contributed by atoms with Gasteiger partial charge in [-0.15, -0.1) is 0 Å². The van der Waals surface area contributed by atoms with Crippen LogP contribution in [0.4, 0.5) is 0 Å². The van der Waals surface area contributed by atoms with Crippen molar-refractivity contribution in [3.63, 3.8) is 0 Å². The van der Waals surface area contributed by atoms with Crippen LogP contribution < -0.4 is 5.32 Å². The highest BCUT2D eigenvalue weighted by Gasteiger charge is 2.27. The minimum atomic E-state index is -0.756. The van der Waals surface area contributed by atoms with E-state index in [9.17, 15) is 19.5 Å². The van der Waals surface area contributed by atoms with Gasteiger partial charge in [0.05, 0.1) is 6.10 Å². The Balaban J connectivity index is 2.40. The lowest BCUT2D eigenvalue weighted by molar-refractivity contribution is -0.135. The zero-order valence-electron chi connectivity index (χ0n) is 10.2. The molecule has 0 aromatic rings. The van der Waals surface area contributed by atoms with E-state index in [-0.39, 0.29) is 48.7 Å². The number of piperidine rings is 1. The number of imide groups is 1. The number of hydrogen-bond acceptors (Lipinski definition) is 4. The fraction of sp³-hybridized carbons (Fsp3) is 0.750. The Kier molecular flexibility index (Phi) is 4.81. The van der Waals surface area contributed by atoms with Gasteiger partial charge in [0, 0.05) is 25.2 Å². The molecular formula is C12H19NO4. The molecule has 1 aliphatic heterocycles. The first-order chi connectivity index (χ1) is 7.88. The Hall–Kier alpha value is -1.23. The van der Waals surface area contributed by atoms with E-state index in [1.165, 1.54) is 0 Å². The first-order valence-corrected chi connectivity index (χ1v) is 5.92. The Morgan fingerprint density at radius 2 is 1.88 bits per heavy atom. The molecule has 1 heterocycles. The average molecular weight is 241 g/mol. The van der Waals surface area contributed by atoms with E-state index in [1.807, 2.05) is 0 Å². The molecule has 2 amide bonds. The normalized spacial score (nSPS) is 19.3. The standard InChI is InChI=1S/C12H19NO4/c1-7(2)10(15)6-9(14)3-8-4-11(16)13-12(17)5-8/h7-9,14H,3-6H2,1-2H3,(H,13,16,17). The number of carbonyl (C=O) groups excluding carboxylic acids is 3. The molecular weight excluding hydrogens is 222 g/mol. The van der Waals surface area contributed by atoms with Crippen LogP contribution in [0.25, 0.3) is 0 Å². The number of ketones is 1. The van der Waals surface area contributed by atoms with Gasteiger partial charge in [0.2, 0.25) is 11.8 Å². The van der Waals surface area contributed by atoms with Crippen molar-refractivity contribution in [2.45, 2.75) is 45.6 Å². The van der Waals surface area contributed by atoms with E-state index in [2.05, 4.69) is 5.32 Å². The first kappa shape index (κ1) is 13.8. The van der Waals surface area contributed by atoms with Crippen molar-refractivity contribution in [2.24, 2.45) is 11.8 Å². The van der Waals surface area contributed by atoms with Gasteiger partial charge in [0.25, 0.3) is 0 Å². The van der Waals surface area contributed by atoms with Crippen molar-refractivity contribution in [3.8, 4) is 0 Å². The summed E-state index contributed by atoms with van der Waals surface area (Å²) >= 11 is 0. The topological polar surface area (TPSA) is 83.5 Å². The van der Waals surface area contributed by atoms with Gasteiger partial charge < -0.3 is 5.11 Å². The summed E-state index contributed by atoms with van der Waals surface area (Å²) < 4.78 is 0. The Morgan fingerprint density at radius 3 is 2.35 bits per heavy atom. The average Bonchev–Trinajstić information content (AvgIpc) is 2.14. The second-order valence-electron chi connectivity index (χ2n) is 4.96. The van der Waals surface area contributed by atoms with Crippen molar-refractivity contribution in [2.75, 3.05) is 0 Å². The van der Waals surface area contributed by atoms with E-state index in [0.717, 1.165) is 0 Å². The molecule has 17 heavy (non-hydrogen) atoms. The lowest BCUT2D eigenvalue weighted by Crippen LogP contribution is -2.39. The summed E-state index contributed by atoms with van der Waals surface area (Å²) in [5.41, 5.74) is 0. The van der Waals surface area contributed by atoms with E-state index in [1.54, 1.807) is 13.8 Å². The third kappa shape index (κ3) is 4.65. The lowest BCUT2D eigenvalue weighted by Gasteiger charge is -2.23. The smallest absolute Gasteiger partial charge is 0.226 e. The number of nitrogens with one attached hydrogen (secondary N) is 1. The lowest BCUT2D eigenvalue weighted by atomic mass is 9.89. The number of aliphatic hydroxyl groups excluding tert-OH is 1. The monoisotopic (exact) mass is 241 g/mol. The predicted octanol–water partition coefficient (Wildman–Crippen LogP) is 0.405. The van der Waals surface area contributed by atoms with Crippen molar-refractivity contribution >= 4 is 17.6 Å². The molecule has 0 bridgehead atoms. The van der Waals surface area contributed by atoms with E-state index >= 15 is 0 Å². The molecule has 5 heteroatoms. The second-order valence-corrected chi connectivity index (χ2v) is 4.96. The highest BCUT2D eigenvalue weighted by molar-refractivity contribution is 5.97. The Bertz CT molecular complexity index is 308. The van der Waals surface area contributed by atoms with E-state index in [4.69, 9.17) is 0 Å². The number of carbonyl (C=O) groups is 3. The molecule has 0 saturated carbocycles. The third-order valence-electron chi connectivity index (χ3n) is 2.91. The van der Waals surface area contributed by atoms with Gasteiger partial charge in [0.15, 0.2) is 0 Å². The van der Waals surface area contributed by atoms with Crippen molar-refractivity contribution < 1.29 is 19.5 Å². The summed E-state index contributed by atoms with van der Waals surface area (Å²) in [5, 5.41) is 11.9. The van der Waals surface area contributed by atoms with Crippen LogP contribution in [0.1, 0.15) is 39.5 Å². The molecule has 1 rings (SSSR count). The third-order valence-corrected chi connectivity index (χ3v) is 2.91. The maximum Gasteiger partial charge on any atom is 0.226 e. The summed E-state index contributed by atoms with van der Waals surface area (Å²) in [6.07, 6.45) is 0.174. The van der Waals surface area contributed by atoms with Gasteiger partial charge in [-0.05, 0) is 12.3 Å². The largest absolute Gasteiger partial charge is 0.393 e. The molecule has 0 aromatic carbocycles. The summed E-state index contributed by atoms with van der Waals surface area (Å²) in [6, 6.07) is 0. The molecule has 2 N–H and O–H groups in total. The van der Waals surface area contributed by atoms with Gasteiger partial charge in [0.1, 0.15) is 5.78 Å². The van der Waals surface area contributed by atoms with Crippen molar-refractivity contribution in [3.05, 3.63) is 0 Å². The molecule has 1 atom stereocenters. The molecule has 0 radical (unpaired) electrons. The molecule has 1 saturated heterocycles. The number of Topliss-reactive ketones (excluding diaryl/α,β-unsaturated/α-hetero) is 1. The quantitative estimate of drug-likeness (QED) is 0.683. The number of rotatable bonds is 5. The molecule has 1 aliphatic rings. The molecule has 0 aromatic heterocycles. The maximum absolute atomic E-state index is 11.4. The molecule has 1 fully saturated rings. The first-order valence-electron chi connectivity index (χ1n) is 5.92. The van der Waals surface area contributed by atoms with Crippen LogP contribution in [0.5, 0.6) is 0 Å². The highest BCUT2D eigenvalue weighted by Crippen LogP contribution is 2.21. The maximum atomic E-state index is 11.4. The summed E-state index contributed by atoms with van der Waals surface area (Å²) in [4.78, 5) is 33.6. The second kappa shape index (κ2) is 5.91. The summed E-state index contributed by atoms with van der Waals surface area (Å²) in [5.74, 6) is -0.835. The van der Waals surface area contributed by atoms with Crippen molar-refractivity contribution in [1.82, 2.24) is 5.32 Å². The minimum Gasteiger partial charge on any atom is -0.393 e. The zero-order valence-corrected chi connectivity index (χ0v) is 10.2. The van der Waals surface area contributed by atoms with Crippen LogP contribution in [0.15, 0.2) is 0 Å². The SMILES string of the molecule is CC(C)C(=O)CC(O)CC1CC(=O)NC(=O)C1. The van der Waals surface area contributed by atoms with Gasteiger partial charge in [-0.2, -0.15) is 0 Å². The van der Waals surface area contributed by atoms with E-state index < -0.39 is 6.10 Å². The van der Waals surface area contributed by atoms with Gasteiger partial charge >= 0.3 is 0 Å². The predicted molar refractivity (Wildman–Crippen MR) is 61.0 cm³/mol. The zero-order chi connectivity index (χ0) is 13.0. The molecule has 5 nitrogen and oxygen atoms in total. The summed E-state index contributed by atoms with van der Waals surface area (Å²) in [7, 11) is 0. The van der Waals surface area contributed by atoms with Gasteiger partial charge in [-0.1, -0.05) is 13.8 Å². The highest BCUT2D eigenvalue weighted by atomic mass is 16.3. The minimum absolute atomic E-state index is 0.00378.